The van der Waals surface area contributed by atoms with Gasteiger partial charge in [0.05, 0.1) is 27.8 Å². The molecule has 1 aromatic heterocycles. The van der Waals surface area contributed by atoms with Crippen LogP contribution in [0.4, 0.5) is 4.39 Å². The summed E-state index contributed by atoms with van der Waals surface area (Å²) in [7, 11) is 0. The van der Waals surface area contributed by atoms with Crippen molar-refractivity contribution in [1.82, 2.24) is 14.8 Å². The van der Waals surface area contributed by atoms with E-state index in [4.69, 9.17) is 37.4 Å². The summed E-state index contributed by atoms with van der Waals surface area (Å²) in [6.45, 7) is 6.72. The Morgan fingerprint density at radius 1 is 0.962 bits per heavy atom. The summed E-state index contributed by atoms with van der Waals surface area (Å²) in [5, 5.41) is 20.7. The third-order valence-electron chi connectivity index (χ3n) is 10.1. The monoisotopic (exact) mass is 744 g/mol. The van der Waals surface area contributed by atoms with Crippen LogP contribution < -0.4 is 14.2 Å². The highest BCUT2D eigenvalue weighted by molar-refractivity contribution is 6.35. The molecule has 1 atom stereocenters. The lowest BCUT2D eigenvalue weighted by atomic mass is 9.96. The number of pyridine rings is 1. The van der Waals surface area contributed by atoms with Crippen LogP contribution in [0.5, 0.6) is 17.2 Å². The van der Waals surface area contributed by atoms with Gasteiger partial charge >= 0.3 is 0 Å². The third kappa shape index (κ3) is 8.48. The summed E-state index contributed by atoms with van der Waals surface area (Å²) in [6, 6.07) is 19.7. The fourth-order valence-electron chi connectivity index (χ4n) is 7.55. The van der Waals surface area contributed by atoms with E-state index in [1.165, 1.54) is 11.8 Å². The second-order valence-corrected chi connectivity index (χ2v) is 15.2. The summed E-state index contributed by atoms with van der Waals surface area (Å²) >= 11 is 13.9. The third-order valence-corrected chi connectivity index (χ3v) is 10.8. The van der Waals surface area contributed by atoms with Crippen molar-refractivity contribution in [3.63, 3.8) is 0 Å². The van der Waals surface area contributed by atoms with Gasteiger partial charge < -0.3 is 24.2 Å². The lowest BCUT2D eigenvalue weighted by molar-refractivity contribution is -0.0873. The Morgan fingerprint density at radius 2 is 1.75 bits per heavy atom. The SMILES string of the molecule is CC1(O)CN(Cc2cc(Cl)c(O[C@H]3CCc4c(-c5cccc(OCCCN6CCC(F)CC6)c5Cl)cccc43)cc2OCc2cncc(C#N)c2)C1. The summed E-state index contributed by atoms with van der Waals surface area (Å²) in [5.41, 5.74) is 5.65. The fraction of sp³-hybridized carbons (Fsp3) is 0.415. The predicted octanol–water partition coefficient (Wildman–Crippen LogP) is 8.34. The quantitative estimate of drug-likeness (QED) is 0.137. The molecule has 2 saturated heterocycles. The molecule has 11 heteroatoms. The fourth-order valence-corrected chi connectivity index (χ4v) is 8.07. The first-order valence-corrected chi connectivity index (χ1v) is 18.7. The molecular formula is C41H43Cl2FN4O4. The molecule has 7 rings (SSSR count). The Hall–Kier alpha value is -3.91. The van der Waals surface area contributed by atoms with Crippen molar-refractivity contribution in [3.8, 4) is 34.4 Å². The molecule has 1 N–H and O–H groups in total. The Bertz CT molecular complexity index is 1940. The van der Waals surface area contributed by atoms with Gasteiger partial charge in [-0.25, -0.2) is 4.39 Å². The number of likely N-dealkylation sites (tertiary alicyclic amines) is 2. The number of fused-ring (bicyclic) bond motifs is 1. The van der Waals surface area contributed by atoms with E-state index in [0.717, 1.165) is 66.7 Å². The smallest absolute Gasteiger partial charge is 0.142 e. The summed E-state index contributed by atoms with van der Waals surface area (Å²) in [4.78, 5) is 8.59. The number of aliphatic hydroxyl groups is 1. The van der Waals surface area contributed by atoms with E-state index in [9.17, 15) is 14.8 Å². The van der Waals surface area contributed by atoms with Crippen LogP contribution in [-0.2, 0) is 19.6 Å². The predicted molar refractivity (Wildman–Crippen MR) is 200 cm³/mol. The number of hydrogen-bond donors (Lipinski definition) is 1. The van der Waals surface area contributed by atoms with Crippen LogP contribution in [0.1, 0.15) is 66.5 Å². The largest absolute Gasteiger partial charge is 0.492 e. The number of nitriles is 1. The maximum absolute atomic E-state index is 13.5. The van der Waals surface area contributed by atoms with Gasteiger partial charge in [-0.2, -0.15) is 5.26 Å². The van der Waals surface area contributed by atoms with E-state index in [-0.39, 0.29) is 12.7 Å². The van der Waals surface area contributed by atoms with Gasteiger partial charge in [0.1, 0.15) is 42.2 Å². The Morgan fingerprint density at radius 3 is 2.54 bits per heavy atom. The van der Waals surface area contributed by atoms with Crippen LogP contribution in [-0.4, -0.2) is 71.0 Å². The van der Waals surface area contributed by atoms with Crippen molar-refractivity contribution >= 4 is 23.2 Å². The number of piperidine rings is 1. The van der Waals surface area contributed by atoms with E-state index in [1.807, 2.05) is 43.3 Å². The first kappa shape index (κ1) is 36.4. The highest BCUT2D eigenvalue weighted by Crippen LogP contribution is 2.45. The first-order valence-electron chi connectivity index (χ1n) is 18.0. The average Bonchev–Trinajstić information content (AvgIpc) is 3.54. The number of ether oxygens (including phenoxy) is 3. The van der Waals surface area contributed by atoms with Gasteiger partial charge in [0.2, 0.25) is 0 Å². The highest BCUT2D eigenvalue weighted by Gasteiger charge is 2.37. The van der Waals surface area contributed by atoms with Crippen LogP contribution >= 0.6 is 23.2 Å². The maximum atomic E-state index is 13.5. The minimum atomic E-state index is -0.708. The molecule has 3 heterocycles. The molecule has 4 aromatic rings. The van der Waals surface area contributed by atoms with Gasteiger partial charge in [-0.15, -0.1) is 0 Å². The zero-order valence-electron chi connectivity index (χ0n) is 29.3. The molecule has 0 radical (unpaired) electrons. The van der Waals surface area contributed by atoms with E-state index in [2.05, 4.69) is 33.0 Å². The zero-order chi connectivity index (χ0) is 36.2. The molecule has 3 aromatic carbocycles. The van der Waals surface area contributed by atoms with Crippen molar-refractivity contribution in [2.45, 2.75) is 70.1 Å². The molecule has 0 bridgehead atoms. The Balaban J connectivity index is 1.07. The van der Waals surface area contributed by atoms with Crippen molar-refractivity contribution < 1.29 is 23.7 Å². The van der Waals surface area contributed by atoms with Gasteiger partial charge in [0, 0.05) is 74.4 Å². The lowest BCUT2D eigenvalue weighted by Gasteiger charge is -2.44. The minimum Gasteiger partial charge on any atom is -0.492 e. The number of aromatic nitrogens is 1. The number of rotatable bonds is 13. The highest BCUT2D eigenvalue weighted by atomic mass is 35.5. The van der Waals surface area contributed by atoms with Crippen LogP contribution in [0.3, 0.4) is 0 Å². The van der Waals surface area contributed by atoms with Gasteiger partial charge in [0.15, 0.2) is 0 Å². The number of halogens is 3. The first-order chi connectivity index (χ1) is 25.2. The van der Waals surface area contributed by atoms with Crippen LogP contribution in [0.25, 0.3) is 11.1 Å². The molecular weight excluding hydrogens is 702 g/mol. The van der Waals surface area contributed by atoms with Crippen LogP contribution in [0, 0.1) is 11.3 Å². The van der Waals surface area contributed by atoms with E-state index >= 15 is 0 Å². The topological polar surface area (TPSA) is 91.1 Å². The maximum Gasteiger partial charge on any atom is 0.142 e. The number of alkyl halides is 1. The van der Waals surface area contributed by atoms with E-state index in [1.54, 1.807) is 12.3 Å². The van der Waals surface area contributed by atoms with Crippen molar-refractivity contribution in [2.24, 2.45) is 0 Å². The minimum absolute atomic E-state index is 0.215. The standard InChI is InChI=1S/C41H43Cl2FN4O4/c1-41(49)25-48(26-41)23-29-18-35(42)39(19-38(29)51-24-28-17-27(20-45)21-46-22-28)52-36-10-9-32-31(5-2-6-33(32)36)34-7-3-8-37(40(34)43)50-16-4-13-47-14-11-30(44)12-15-47/h2-3,5-8,17-19,21-22,30,36,49H,4,9-16,23-26H2,1H3/t36-/m0/s1. The Labute approximate surface area is 314 Å². The summed E-state index contributed by atoms with van der Waals surface area (Å²) in [5.74, 6) is 1.79. The molecule has 2 aliphatic heterocycles. The molecule has 3 aliphatic rings. The molecule has 0 unspecified atom stereocenters. The van der Waals surface area contributed by atoms with Crippen molar-refractivity contribution in [3.05, 3.63) is 105 Å². The van der Waals surface area contributed by atoms with Crippen LogP contribution in [0.2, 0.25) is 10.0 Å². The van der Waals surface area contributed by atoms with Crippen molar-refractivity contribution in [2.75, 3.05) is 39.3 Å². The summed E-state index contributed by atoms with van der Waals surface area (Å²) in [6.07, 6.45) is 5.95. The summed E-state index contributed by atoms with van der Waals surface area (Å²) < 4.78 is 32.6. The molecule has 52 heavy (non-hydrogen) atoms. The van der Waals surface area contributed by atoms with E-state index < -0.39 is 11.8 Å². The average molecular weight is 746 g/mol. The molecule has 1 aliphatic carbocycles. The molecule has 0 amide bonds. The normalized spacial score (nSPS) is 18.7. The van der Waals surface area contributed by atoms with E-state index in [0.29, 0.717) is 71.9 Å². The van der Waals surface area contributed by atoms with Gasteiger partial charge in [-0.3, -0.25) is 9.88 Å². The molecule has 8 nitrogen and oxygen atoms in total. The van der Waals surface area contributed by atoms with Gasteiger partial charge in [0.25, 0.3) is 0 Å². The Kier molecular flexibility index (Phi) is 11.2. The molecule has 0 saturated carbocycles. The van der Waals surface area contributed by atoms with Crippen molar-refractivity contribution in [1.29, 1.82) is 5.26 Å². The van der Waals surface area contributed by atoms with Crippen LogP contribution in [0.15, 0.2) is 67.0 Å². The molecule has 0 spiro atoms. The molecule has 2 fully saturated rings. The number of β-amino-alcohol motifs (C(OH)–C–C–N with tert-alkyl or cyclic N) is 1. The zero-order valence-corrected chi connectivity index (χ0v) is 30.8. The molecule has 272 valence electrons. The second-order valence-electron chi connectivity index (χ2n) is 14.4. The second kappa shape index (κ2) is 16.0. The lowest BCUT2D eigenvalue weighted by Crippen LogP contribution is -2.59. The number of hydrogen-bond acceptors (Lipinski definition) is 8. The number of benzene rings is 3. The van der Waals surface area contributed by atoms with Gasteiger partial charge in [-0.1, -0.05) is 53.5 Å². The number of nitrogens with zero attached hydrogens (tertiary/aromatic N) is 4. The van der Waals surface area contributed by atoms with Gasteiger partial charge in [-0.05, 0) is 73.9 Å².